The third kappa shape index (κ3) is 66.6. The van der Waals surface area contributed by atoms with Gasteiger partial charge >= 0.3 is 17.9 Å². The highest BCUT2D eigenvalue weighted by atomic mass is 16.6. The molecule has 0 aliphatic heterocycles. The van der Waals surface area contributed by atoms with Gasteiger partial charge in [-0.3, -0.25) is 14.4 Å². The molecule has 0 rings (SSSR count). The first-order chi connectivity index (χ1) is 40.5. The van der Waals surface area contributed by atoms with Gasteiger partial charge in [0, 0.05) is 19.3 Å². The van der Waals surface area contributed by atoms with Gasteiger partial charge in [0.15, 0.2) is 6.10 Å². The Labute approximate surface area is 507 Å². The third-order valence-electron chi connectivity index (χ3n) is 14.7. The summed E-state index contributed by atoms with van der Waals surface area (Å²) in [5.74, 6) is -0.913. The first-order valence-corrected chi connectivity index (χ1v) is 34.5. The molecule has 82 heavy (non-hydrogen) atoms. The van der Waals surface area contributed by atoms with Crippen LogP contribution in [0.1, 0.15) is 323 Å². The number of ether oxygens (including phenoxy) is 3. The predicted octanol–water partition coefficient (Wildman–Crippen LogP) is 23.9. The number of unbranched alkanes of at least 4 members (excludes halogenated alkanes) is 31. The van der Waals surface area contributed by atoms with Gasteiger partial charge in [0.25, 0.3) is 0 Å². The van der Waals surface area contributed by atoms with Gasteiger partial charge in [-0.15, -0.1) is 0 Å². The van der Waals surface area contributed by atoms with E-state index in [1.54, 1.807) is 0 Å². The van der Waals surface area contributed by atoms with E-state index < -0.39 is 6.10 Å². The Balaban J connectivity index is 4.15. The van der Waals surface area contributed by atoms with Crippen LogP contribution in [0.5, 0.6) is 0 Å². The Bertz CT molecular complexity index is 1690. The highest BCUT2D eigenvalue weighted by Gasteiger charge is 2.19. The number of hydrogen-bond acceptors (Lipinski definition) is 6. The minimum atomic E-state index is -0.795. The summed E-state index contributed by atoms with van der Waals surface area (Å²) in [6.07, 6.45) is 96.7. The van der Waals surface area contributed by atoms with Crippen molar-refractivity contribution in [3.63, 3.8) is 0 Å². The van der Waals surface area contributed by atoms with E-state index in [0.717, 1.165) is 135 Å². The van der Waals surface area contributed by atoms with Crippen molar-refractivity contribution in [3.05, 3.63) is 122 Å². The molecule has 468 valence electrons. The molecular formula is C76H128O6. The fraction of sp³-hybridized carbons (Fsp3) is 0.697. The molecule has 6 nitrogen and oxygen atoms in total. The van der Waals surface area contributed by atoms with Crippen molar-refractivity contribution in [1.82, 2.24) is 0 Å². The fourth-order valence-corrected chi connectivity index (χ4v) is 9.57. The van der Waals surface area contributed by atoms with Crippen LogP contribution in [0, 0.1) is 0 Å². The molecule has 0 fully saturated rings. The van der Waals surface area contributed by atoms with Crippen molar-refractivity contribution >= 4 is 17.9 Å². The summed E-state index contributed by atoms with van der Waals surface area (Å²) in [6, 6.07) is 0. The summed E-state index contributed by atoms with van der Waals surface area (Å²) in [7, 11) is 0. The van der Waals surface area contributed by atoms with Gasteiger partial charge in [0.05, 0.1) is 0 Å². The molecular weight excluding hydrogens is 1010 g/mol. The van der Waals surface area contributed by atoms with E-state index in [0.29, 0.717) is 19.3 Å². The van der Waals surface area contributed by atoms with Crippen LogP contribution in [-0.2, 0) is 28.6 Å². The van der Waals surface area contributed by atoms with Crippen LogP contribution in [0.25, 0.3) is 0 Å². The highest BCUT2D eigenvalue weighted by Crippen LogP contribution is 2.17. The SMILES string of the molecule is CC/C=C\C/C=C\C/C=C\C/C=C\C/C=C\CCCCCCCCCCCCCCCCCCCCCC(=O)OCC(COC(=O)CCCCCCC/C=C\CCCCC)OC(=O)CCCCCC/C=C\C/C=C\C/C=C\C/C=C\CC. The number of rotatable bonds is 62. The fourth-order valence-electron chi connectivity index (χ4n) is 9.57. The van der Waals surface area contributed by atoms with Crippen molar-refractivity contribution in [2.75, 3.05) is 13.2 Å². The van der Waals surface area contributed by atoms with Crippen molar-refractivity contribution in [2.24, 2.45) is 0 Å². The summed E-state index contributed by atoms with van der Waals surface area (Å²) in [5.41, 5.74) is 0. The van der Waals surface area contributed by atoms with E-state index in [2.05, 4.69) is 142 Å². The maximum absolute atomic E-state index is 12.9. The first-order valence-electron chi connectivity index (χ1n) is 34.5. The van der Waals surface area contributed by atoms with Crippen LogP contribution >= 0.6 is 0 Å². The van der Waals surface area contributed by atoms with Gasteiger partial charge in [-0.1, -0.05) is 296 Å². The minimum Gasteiger partial charge on any atom is -0.462 e. The van der Waals surface area contributed by atoms with Crippen molar-refractivity contribution in [2.45, 2.75) is 329 Å². The summed E-state index contributed by atoms with van der Waals surface area (Å²) in [5, 5.41) is 0. The van der Waals surface area contributed by atoms with Crippen molar-refractivity contribution in [3.8, 4) is 0 Å². The molecule has 0 spiro atoms. The molecule has 0 amide bonds. The lowest BCUT2D eigenvalue weighted by Gasteiger charge is -2.18. The lowest BCUT2D eigenvalue weighted by atomic mass is 10.0. The molecule has 0 saturated heterocycles. The maximum Gasteiger partial charge on any atom is 0.306 e. The molecule has 0 saturated carbocycles. The number of esters is 3. The second kappa shape index (κ2) is 69.3. The topological polar surface area (TPSA) is 78.9 Å². The number of carbonyl (C=O) groups excluding carboxylic acids is 3. The molecule has 0 heterocycles. The average molecular weight is 1140 g/mol. The molecule has 0 aromatic heterocycles. The summed E-state index contributed by atoms with van der Waals surface area (Å²) >= 11 is 0. The molecule has 0 aromatic carbocycles. The summed E-state index contributed by atoms with van der Waals surface area (Å²) < 4.78 is 16.9. The van der Waals surface area contributed by atoms with Gasteiger partial charge in [0.2, 0.25) is 0 Å². The van der Waals surface area contributed by atoms with E-state index >= 15 is 0 Å². The zero-order chi connectivity index (χ0) is 59.2. The average Bonchev–Trinajstić information content (AvgIpc) is 3.47. The summed E-state index contributed by atoms with van der Waals surface area (Å²) in [6.45, 7) is 6.38. The number of allylic oxidation sites excluding steroid dienone is 20. The van der Waals surface area contributed by atoms with Crippen molar-refractivity contribution in [1.29, 1.82) is 0 Å². The zero-order valence-corrected chi connectivity index (χ0v) is 53.7. The second-order valence-corrected chi connectivity index (χ2v) is 22.7. The summed E-state index contributed by atoms with van der Waals surface area (Å²) in [4.78, 5) is 38.3. The van der Waals surface area contributed by atoms with Gasteiger partial charge in [-0.2, -0.15) is 0 Å². The van der Waals surface area contributed by atoms with Crippen molar-refractivity contribution < 1.29 is 28.6 Å². The minimum absolute atomic E-state index is 0.0892. The quantitative estimate of drug-likeness (QED) is 0.0261. The van der Waals surface area contributed by atoms with Crippen LogP contribution in [0.3, 0.4) is 0 Å². The largest absolute Gasteiger partial charge is 0.462 e. The Morgan fingerprint density at radius 3 is 0.756 bits per heavy atom. The third-order valence-corrected chi connectivity index (χ3v) is 14.7. The molecule has 0 bridgehead atoms. The van der Waals surface area contributed by atoms with Crippen LogP contribution in [0.4, 0.5) is 0 Å². The standard InChI is InChI=1S/C76H128O6/c1-4-7-10-13-16-19-22-25-27-29-30-31-32-33-34-35-36-37-38-39-40-41-42-43-44-45-46-48-49-51-54-57-60-63-66-69-75(78)81-72-73(71-80-74(77)68-65-62-59-56-53-24-21-18-15-12-9-6-3)82-76(79)70-67-64-61-58-55-52-50-47-28-26-23-20-17-14-11-8-5-2/h7-8,10-11,16-21,25-28,30-31,33-34,50,52,73H,4-6,9,12-15,22-24,29,32,35-49,51,53-72H2,1-3H3/b10-7-,11-8-,19-16-,20-17-,21-18-,27-25-,28-26-,31-30-,34-33-,52-50-. The molecule has 1 atom stereocenters. The van der Waals surface area contributed by atoms with Crippen LogP contribution < -0.4 is 0 Å². The van der Waals surface area contributed by atoms with E-state index in [1.807, 2.05) is 0 Å². The number of hydrogen-bond donors (Lipinski definition) is 0. The normalized spacial score (nSPS) is 12.9. The van der Waals surface area contributed by atoms with Gasteiger partial charge in [-0.25, -0.2) is 0 Å². The Morgan fingerprint density at radius 1 is 0.256 bits per heavy atom. The molecule has 0 radical (unpaired) electrons. The monoisotopic (exact) mass is 1140 g/mol. The Kier molecular flexibility index (Phi) is 65.8. The molecule has 0 aliphatic rings. The Morgan fingerprint density at radius 2 is 0.476 bits per heavy atom. The van der Waals surface area contributed by atoms with E-state index in [4.69, 9.17) is 14.2 Å². The zero-order valence-electron chi connectivity index (χ0n) is 53.7. The van der Waals surface area contributed by atoms with Crippen LogP contribution in [0.15, 0.2) is 122 Å². The van der Waals surface area contributed by atoms with E-state index in [-0.39, 0.29) is 31.1 Å². The Hall–Kier alpha value is -4.19. The smallest absolute Gasteiger partial charge is 0.306 e. The van der Waals surface area contributed by atoms with E-state index in [1.165, 1.54) is 148 Å². The highest BCUT2D eigenvalue weighted by molar-refractivity contribution is 5.71. The van der Waals surface area contributed by atoms with Gasteiger partial charge < -0.3 is 14.2 Å². The molecule has 0 aromatic rings. The lowest BCUT2D eigenvalue weighted by molar-refractivity contribution is -0.167. The van der Waals surface area contributed by atoms with Crippen LogP contribution in [0.2, 0.25) is 0 Å². The second-order valence-electron chi connectivity index (χ2n) is 22.7. The number of carbonyl (C=O) groups is 3. The molecule has 1 unspecified atom stereocenters. The molecule has 0 aliphatic carbocycles. The van der Waals surface area contributed by atoms with E-state index in [9.17, 15) is 14.4 Å². The lowest BCUT2D eigenvalue weighted by Crippen LogP contribution is -2.30. The molecule has 0 N–H and O–H groups in total. The first kappa shape index (κ1) is 77.8. The van der Waals surface area contributed by atoms with Crippen LogP contribution in [-0.4, -0.2) is 37.2 Å². The molecule has 6 heteroatoms. The predicted molar refractivity (Wildman–Crippen MR) is 357 cm³/mol. The van der Waals surface area contributed by atoms with Gasteiger partial charge in [0.1, 0.15) is 13.2 Å². The maximum atomic E-state index is 12.9. The van der Waals surface area contributed by atoms with Gasteiger partial charge in [-0.05, 0) is 128 Å².